The monoisotopic (exact) mass is 259 g/mol. The van der Waals surface area contributed by atoms with Gasteiger partial charge in [0.2, 0.25) is 0 Å². The van der Waals surface area contributed by atoms with Crippen LogP contribution < -0.4 is 0 Å². The average molecular weight is 260 g/mol. The Bertz CT molecular complexity index is 397. The first-order valence-corrected chi connectivity index (χ1v) is 6.22. The molecule has 2 atom stereocenters. The molecule has 1 fully saturated rings. The van der Waals surface area contributed by atoms with E-state index in [0.29, 0.717) is 17.3 Å². The quantitative estimate of drug-likeness (QED) is 0.268. The minimum absolute atomic E-state index is 0.0789. The zero-order valence-electron chi connectivity index (χ0n) is 8.34. The predicted molar refractivity (Wildman–Crippen MR) is 63.2 cm³/mol. The summed E-state index contributed by atoms with van der Waals surface area (Å²) in [7, 11) is 0. The zero-order valence-corrected chi connectivity index (χ0v) is 9.91. The summed E-state index contributed by atoms with van der Waals surface area (Å²) >= 11 is 7.44. The van der Waals surface area contributed by atoms with E-state index >= 15 is 0 Å². The molecule has 2 rings (SSSR count). The van der Waals surface area contributed by atoms with Crippen LogP contribution in [0.25, 0.3) is 0 Å². The predicted octanol–water partition coefficient (Wildman–Crippen LogP) is 2.69. The number of hydrogen-bond donors (Lipinski definition) is 0. The molecular weight excluding hydrogens is 250 g/mol. The number of nitro benzene ring substituents is 1. The normalized spacial score (nSPS) is 20.4. The number of hydrogen-bond acceptors (Lipinski definition) is 4. The summed E-state index contributed by atoms with van der Waals surface area (Å²) in [6.45, 7) is 0.700. The summed E-state index contributed by atoms with van der Waals surface area (Å²) in [5.74, 6) is 0.622. The standard InChI is InChI=1S/C10H10ClNO3S/c11-7(9-5-15-9)6-16-10-4-2-1-3-8(10)12(13)14/h1-4,7,9H,5-6H2. The number of para-hydroxylation sites is 1. The Morgan fingerprint density at radius 2 is 2.31 bits per heavy atom. The van der Waals surface area contributed by atoms with E-state index in [-0.39, 0.29) is 22.1 Å². The van der Waals surface area contributed by atoms with Crippen molar-refractivity contribution in [1.29, 1.82) is 0 Å². The number of rotatable bonds is 5. The molecule has 4 nitrogen and oxygen atoms in total. The summed E-state index contributed by atoms with van der Waals surface area (Å²) in [5.41, 5.74) is 0.132. The second kappa shape index (κ2) is 5.03. The van der Waals surface area contributed by atoms with Gasteiger partial charge < -0.3 is 4.74 Å². The van der Waals surface area contributed by atoms with Crippen molar-refractivity contribution in [2.75, 3.05) is 12.4 Å². The molecule has 2 unspecified atom stereocenters. The zero-order chi connectivity index (χ0) is 11.5. The average Bonchev–Trinajstić information content (AvgIpc) is 3.10. The fraction of sp³-hybridized carbons (Fsp3) is 0.400. The molecule has 0 aromatic heterocycles. The summed E-state index contributed by atoms with van der Waals surface area (Å²) in [6.07, 6.45) is 0.122. The van der Waals surface area contributed by atoms with Gasteiger partial charge in [-0.2, -0.15) is 0 Å². The first-order valence-electron chi connectivity index (χ1n) is 4.80. The number of benzene rings is 1. The molecule has 86 valence electrons. The van der Waals surface area contributed by atoms with Gasteiger partial charge in [0.05, 0.1) is 27.9 Å². The van der Waals surface area contributed by atoms with Gasteiger partial charge in [0, 0.05) is 11.8 Å². The van der Waals surface area contributed by atoms with Gasteiger partial charge in [0.1, 0.15) is 0 Å². The number of alkyl halides is 1. The number of nitro groups is 1. The van der Waals surface area contributed by atoms with Crippen LogP contribution in [0.1, 0.15) is 0 Å². The van der Waals surface area contributed by atoms with E-state index in [0.717, 1.165) is 0 Å². The molecule has 16 heavy (non-hydrogen) atoms. The Balaban J connectivity index is 1.99. The molecule has 0 saturated carbocycles. The number of nitrogens with zero attached hydrogens (tertiary/aromatic N) is 1. The van der Waals surface area contributed by atoms with Crippen molar-refractivity contribution < 1.29 is 9.66 Å². The fourth-order valence-electron chi connectivity index (χ4n) is 1.27. The van der Waals surface area contributed by atoms with Crippen LogP contribution in [0.5, 0.6) is 0 Å². The van der Waals surface area contributed by atoms with E-state index in [2.05, 4.69) is 0 Å². The second-order valence-electron chi connectivity index (χ2n) is 3.42. The highest BCUT2D eigenvalue weighted by atomic mass is 35.5. The third kappa shape index (κ3) is 2.87. The number of ether oxygens (including phenoxy) is 1. The van der Waals surface area contributed by atoms with Crippen molar-refractivity contribution in [2.24, 2.45) is 0 Å². The molecule has 0 spiro atoms. The molecule has 0 bridgehead atoms. The van der Waals surface area contributed by atoms with Gasteiger partial charge in [-0.25, -0.2) is 0 Å². The first kappa shape index (κ1) is 11.7. The third-order valence-electron chi connectivity index (χ3n) is 2.22. The molecule has 1 aromatic rings. The van der Waals surface area contributed by atoms with Crippen molar-refractivity contribution >= 4 is 29.1 Å². The van der Waals surface area contributed by atoms with Crippen molar-refractivity contribution in [1.82, 2.24) is 0 Å². The fourth-order valence-corrected chi connectivity index (χ4v) is 2.62. The Kier molecular flexibility index (Phi) is 3.68. The summed E-state index contributed by atoms with van der Waals surface area (Å²) in [6, 6.07) is 6.68. The molecule has 6 heteroatoms. The maximum atomic E-state index is 10.7. The van der Waals surface area contributed by atoms with E-state index < -0.39 is 0 Å². The maximum absolute atomic E-state index is 10.7. The van der Waals surface area contributed by atoms with Crippen molar-refractivity contribution in [3.63, 3.8) is 0 Å². The molecule has 0 N–H and O–H groups in total. The van der Waals surface area contributed by atoms with Gasteiger partial charge in [-0.1, -0.05) is 12.1 Å². The molecule has 0 aliphatic carbocycles. The maximum Gasteiger partial charge on any atom is 0.282 e. The van der Waals surface area contributed by atoms with Crippen molar-refractivity contribution in [3.8, 4) is 0 Å². The molecule has 1 aliphatic heterocycles. The summed E-state index contributed by atoms with van der Waals surface area (Å²) in [5, 5.41) is 10.7. The third-order valence-corrected chi connectivity index (χ3v) is 4.02. The van der Waals surface area contributed by atoms with Crippen molar-refractivity contribution in [3.05, 3.63) is 34.4 Å². The van der Waals surface area contributed by atoms with E-state index in [4.69, 9.17) is 16.3 Å². The topological polar surface area (TPSA) is 55.7 Å². The highest BCUT2D eigenvalue weighted by molar-refractivity contribution is 7.99. The lowest BCUT2D eigenvalue weighted by molar-refractivity contribution is -0.387. The minimum atomic E-state index is -0.376. The Hall–Kier alpha value is -0.780. The Morgan fingerprint density at radius 1 is 1.62 bits per heavy atom. The minimum Gasteiger partial charge on any atom is -0.371 e. The summed E-state index contributed by atoms with van der Waals surface area (Å²) in [4.78, 5) is 11.0. The van der Waals surface area contributed by atoms with Crippen molar-refractivity contribution in [2.45, 2.75) is 16.4 Å². The van der Waals surface area contributed by atoms with E-state index in [1.807, 2.05) is 0 Å². The Labute approximate surface area is 102 Å². The highest BCUT2D eigenvalue weighted by Gasteiger charge is 2.31. The van der Waals surface area contributed by atoms with Crippen LogP contribution in [0, 0.1) is 10.1 Å². The molecular formula is C10H10ClNO3S. The molecule has 1 aromatic carbocycles. The number of thioether (sulfide) groups is 1. The Morgan fingerprint density at radius 3 is 2.94 bits per heavy atom. The lowest BCUT2D eigenvalue weighted by Crippen LogP contribution is -2.10. The van der Waals surface area contributed by atoms with Crippen LogP contribution in [0.15, 0.2) is 29.2 Å². The van der Waals surface area contributed by atoms with Gasteiger partial charge in [0.25, 0.3) is 5.69 Å². The molecule has 1 aliphatic rings. The molecule has 1 saturated heterocycles. The van der Waals surface area contributed by atoms with Crippen LogP contribution >= 0.6 is 23.4 Å². The number of epoxide rings is 1. The first-order chi connectivity index (χ1) is 7.68. The van der Waals surface area contributed by atoms with Gasteiger partial charge in [-0.3, -0.25) is 10.1 Å². The van der Waals surface area contributed by atoms with Crippen LogP contribution in [0.4, 0.5) is 5.69 Å². The van der Waals surface area contributed by atoms with E-state index in [9.17, 15) is 10.1 Å². The van der Waals surface area contributed by atoms with E-state index in [1.165, 1.54) is 17.8 Å². The van der Waals surface area contributed by atoms with Crippen LogP contribution in [-0.2, 0) is 4.74 Å². The molecule has 0 amide bonds. The smallest absolute Gasteiger partial charge is 0.282 e. The van der Waals surface area contributed by atoms with Crippen LogP contribution in [-0.4, -0.2) is 28.8 Å². The van der Waals surface area contributed by atoms with E-state index in [1.54, 1.807) is 18.2 Å². The SMILES string of the molecule is O=[N+]([O-])c1ccccc1SCC(Cl)C1CO1. The van der Waals surface area contributed by atoms with Crippen LogP contribution in [0.3, 0.4) is 0 Å². The number of halogens is 1. The lowest BCUT2D eigenvalue weighted by atomic mass is 10.3. The van der Waals surface area contributed by atoms with Gasteiger partial charge in [-0.05, 0) is 6.07 Å². The van der Waals surface area contributed by atoms with Crippen LogP contribution in [0.2, 0.25) is 0 Å². The highest BCUT2D eigenvalue weighted by Crippen LogP contribution is 2.32. The molecule has 0 radical (unpaired) electrons. The second-order valence-corrected chi connectivity index (χ2v) is 5.05. The largest absolute Gasteiger partial charge is 0.371 e. The summed E-state index contributed by atoms with van der Waals surface area (Å²) < 4.78 is 5.06. The van der Waals surface area contributed by atoms with Gasteiger partial charge >= 0.3 is 0 Å². The van der Waals surface area contributed by atoms with Gasteiger partial charge in [0.15, 0.2) is 0 Å². The lowest BCUT2D eigenvalue weighted by Gasteiger charge is -2.05. The van der Waals surface area contributed by atoms with Gasteiger partial charge in [-0.15, -0.1) is 23.4 Å². The molecule has 1 heterocycles.